The van der Waals surface area contributed by atoms with Crippen molar-refractivity contribution >= 4 is 22.9 Å². The summed E-state index contributed by atoms with van der Waals surface area (Å²) in [5, 5.41) is 4.11. The summed E-state index contributed by atoms with van der Waals surface area (Å²) >= 11 is 0. The van der Waals surface area contributed by atoms with Crippen molar-refractivity contribution < 1.29 is 9.18 Å². The van der Waals surface area contributed by atoms with Crippen LogP contribution in [-0.2, 0) is 11.3 Å². The molecule has 0 fully saturated rings. The molecule has 0 unspecified atom stereocenters. The van der Waals surface area contributed by atoms with E-state index in [0.717, 1.165) is 5.56 Å². The maximum absolute atomic E-state index is 13.6. The van der Waals surface area contributed by atoms with Crippen molar-refractivity contribution in [3.63, 3.8) is 0 Å². The second-order valence-electron chi connectivity index (χ2n) is 6.59. The second kappa shape index (κ2) is 7.56. The molecule has 1 amide bonds. The lowest BCUT2D eigenvalue weighted by Gasteiger charge is -2.09. The number of hydrogen-bond acceptors (Lipinski definition) is 1. The van der Waals surface area contributed by atoms with Crippen molar-refractivity contribution in [2.75, 3.05) is 6.54 Å². The van der Waals surface area contributed by atoms with E-state index in [1.165, 1.54) is 22.7 Å². The molecule has 0 saturated carbocycles. The summed E-state index contributed by atoms with van der Waals surface area (Å²) in [6.45, 7) is 6.78. The smallest absolute Gasteiger partial charge is 0.244 e. The van der Waals surface area contributed by atoms with Gasteiger partial charge in [-0.15, -0.1) is 0 Å². The highest BCUT2D eigenvalue weighted by Gasteiger charge is 2.05. The van der Waals surface area contributed by atoms with Crippen LogP contribution in [0.3, 0.4) is 0 Å². The molecule has 3 rings (SSSR count). The van der Waals surface area contributed by atoms with Crippen LogP contribution in [0.25, 0.3) is 17.0 Å². The summed E-state index contributed by atoms with van der Waals surface area (Å²) in [5.41, 5.74) is 4.34. The van der Waals surface area contributed by atoms with Crippen LogP contribution >= 0.6 is 0 Å². The van der Waals surface area contributed by atoms with E-state index < -0.39 is 0 Å². The molecule has 0 radical (unpaired) electrons. The van der Waals surface area contributed by atoms with Crippen LogP contribution in [0.2, 0.25) is 0 Å². The molecule has 1 aromatic heterocycles. The Morgan fingerprint density at radius 2 is 1.81 bits per heavy atom. The quantitative estimate of drug-likeness (QED) is 0.674. The molecular formula is C22H23FN2O. The van der Waals surface area contributed by atoms with Gasteiger partial charge in [-0.1, -0.05) is 18.2 Å². The number of carbonyl (C=O) groups is 1. The zero-order valence-electron chi connectivity index (χ0n) is 15.3. The number of carbonyl (C=O) groups excluding carboxylic acids is 1. The van der Waals surface area contributed by atoms with E-state index in [1.54, 1.807) is 32.1 Å². The molecule has 0 aliphatic carbocycles. The van der Waals surface area contributed by atoms with E-state index in [2.05, 4.69) is 35.0 Å². The van der Waals surface area contributed by atoms with Crippen LogP contribution in [0.15, 0.2) is 48.5 Å². The Balaban J connectivity index is 1.60. The minimum atomic E-state index is -0.194. The van der Waals surface area contributed by atoms with Gasteiger partial charge in [-0.05, 0) is 73.2 Å². The standard InChI is InChI=1S/C22H23FN2O/c1-15-12-18(13-16(2)22(15)23)8-9-21(26)24-10-11-25-17(3)14-19-6-4-5-7-20(19)25/h4-9,12-14H,10-11H2,1-3H3,(H,24,26). The first-order valence-electron chi connectivity index (χ1n) is 8.73. The van der Waals surface area contributed by atoms with Crippen molar-refractivity contribution in [1.29, 1.82) is 0 Å². The van der Waals surface area contributed by atoms with Gasteiger partial charge in [0.1, 0.15) is 5.82 Å². The Labute approximate surface area is 153 Å². The van der Waals surface area contributed by atoms with Gasteiger partial charge in [0, 0.05) is 30.4 Å². The molecule has 134 valence electrons. The highest BCUT2D eigenvalue weighted by molar-refractivity contribution is 5.91. The van der Waals surface area contributed by atoms with E-state index in [1.807, 2.05) is 12.1 Å². The Bertz CT molecular complexity index is 962. The van der Waals surface area contributed by atoms with Crippen LogP contribution in [0.5, 0.6) is 0 Å². The maximum Gasteiger partial charge on any atom is 0.244 e. The highest BCUT2D eigenvalue weighted by atomic mass is 19.1. The Morgan fingerprint density at radius 1 is 1.12 bits per heavy atom. The van der Waals surface area contributed by atoms with E-state index in [4.69, 9.17) is 0 Å². The Kier molecular flexibility index (Phi) is 5.21. The number of hydrogen-bond donors (Lipinski definition) is 1. The molecule has 1 heterocycles. The number of para-hydroxylation sites is 1. The molecule has 0 spiro atoms. The van der Waals surface area contributed by atoms with Gasteiger partial charge in [0.15, 0.2) is 0 Å². The van der Waals surface area contributed by atoms with Crippen LogP contribution in [-0.4, -0.2) is 17.0 Å². The molecule has 0 aliphatic heterocycles. The summed E-state index contributed by atoms with van der Waals surface area (Å²) < 4.78 is 15.8. The zero-order valence-corrected chi connectivity index (χ0v) is 15.3. The van der Waals surface area contributed by atoms with Crippen LogP contribution in [0, 0.1) is 26.6 Å². The predicted octanol–water partition coefficient (Wildman–Crippen LogP) is 4.54. The lowest BCUT2D eigenvalue weighted by molar-refractivity contribution is -0.116. The summed E-state index contributed by atoms with van der Waals surface area (Å²) in [6.07, 6.45) is 3.21. The van der Waals surface area contributed by atoms with E-state index >= 15 is 0 Å². The molecule has 3 aromatic rings. The third-order valence-corrected chi connectivity index (χ3v) is 4.54. The lowest BCUT2D eigenvalue weighted by Crippen LogP contribution is -2.25. The minimum Gasteiger partial charge on any atom is -0.351 e. The first-order chi connectivity index (χ1) is 12.5. The highest BCUT2D eigenvalue weighted by Crippen LogP contribution is 2.18. The number of aromatic nitrogens is 1. The molecule has 0 saturated heterocycles. The molecule has 0 atom stereocenters. The number of amides is 1. The maximum atomic E-state index is 13.6. The van der Waals surface area contributed by atoms with Gasteiger partial charge in [0.05, 0.1) is 0 Å². The summed E-state index contributed by atoms with van der Waals surface area (Å²) in [7, 11) is 0. The molecule has 4 heteroatoms. The average Bonchev–Trinajstić information content (AvgIpc) is 2.93. The Hall–Kier alpha value is -2.88. The fourth-order valence-corrected chi connectivity index (χ4v) is 3.24. The normalized spacial score (nSPS) is 11.4. The number of fused-ring (bicyclic) bond motifs is 1. The number of halogens is 1. The van der Waals surface area contributed by atoms with Gasteiger partial charge >= 0.3 is 0 Å². The fourth-order valence-electron chi connectivity index (χ4n) is 3.24. The molecule has 2 aromatic carbocycles. The van der Waals surface area contributed by atoms with Crippen LogP contribution in [0.1, 0.15) is 22.4 Å². The third kappa shape index (κ3) is 3.85. The summed E-state index contributed by atoms with van der Waals surface area (Å²) in [4.78, 5) is 12.0. The fraction of sp³-hybridized carbons (Fsp3) is 0.227. The number of aryl methyl sites for hydroxylation is 3. The van der Waals surface area contributed by atoms with E-state index in [0.29, 0.717) is 24.2 Å². The van der Waals surface area contributed by atoms with Crippen molar-refractivity contribution in [1.82, 2.24) is 9.88 Å². The molecule has 1 N–H and O–H groups in total. The van der Waals surface area contributed by atoms with Crippen molar-refractivity contribution in [3.05, 3.63) is 76.7 Å². The predicted molar refractivity (Wildman–Crippen MR) is 105 cm³/mol. The first-order valence-corrected chi connectivity index (χ1v) is 8.73. The van der Waals surface area contributed by atoms with Gasteiger partial charge in [-0.3, -0.25) is 4.79 Å². The monoisotopic (exact) mass is 350 g/mol. The number of nitrogens with zero attached hydrogens (tertiary/aromatic N) is 1. The molecule has 3 nitrogen and oxygen atoms in total. The molecular weight excluding hydrogens is 327 g/mol. The van der Waals surface area contributed by atoms with Crippen LogP contribution in [0.4, 0.5) is 4.39 Å². The first kappa shape index (κ1) is 17.9. The van der Waals surface area contributed by atoms with Gasteiger partial charge in [0.2, 0.25) is 5.91 Å². The van der Waals surface area contributed by atoms with Crippen LogP contribution < -0.4 is 5.32 Å². The largest absolute Gasteiger partial charge is 0.351 e. The number of nitrogens with one attached hydrogen (secondary N) is 1. The number of benzene rings is 2. The van der Waals surface area contributed by atoms with E-state index in [9.17, 15) is 9.18 Å². The molecule has 0 aliphatic rings. The summed E-state index contributed by atoms with van der Waals surface area (Å²) in [6, 6.07) is 13.8. The van der Waals surface area contributed by atoms with E-state index in [-0.39, 0.29) is 11.7 Å². The lowest BCUT2D eigenvalue weighted by atomic mass is 10.1. The Morgan fingerprint density at radius 3 is 2.54 bits per heavy atom. The topological polar surface area (TPSA) is 34.0 Å². The third-order valence-electron chi connectivity index (χ3n) is 4.54. The SMILES string of the molecule is Cc1cc(C=CC(=O)NCCn2c(C)cc3ccccc32)cc(C)c1F. The van der Waals surface area contributed by atoms with Gasteiger partial charge in [0.25, 0.3) is 0 Å². The summed E-state index contributed by atoms with van der Waals surface area (Å²) in [5.74, 6) is -0.348. The zero-order chi connectivity index (χ0) is 18.7. The minimum absolute atomic E-state index is 0.154. The number of rotatable bonds is 5. The van der Waals surface area contributed by atoms with Gasteiger partial charge in [-0.25, -0.2) is 4.39 Å². The van der Waals surface area contributed by atoms with Gasteiger partial charge in [-0.2, -0.15) is 0 Å². The molecule has 0 bridgehead atoms. The van der Waals surface area contributed by atoms with Crippen molar-refractivity contribution in [2.45, 2.75) is 27.3 Å². The van der Waals surface area contributed by atoms with Gasteiger partial charge < -0.3 is 9.88 Å². The molecule has 26 heavy (non-hydrogen) atoms. The average molecular weight is 350 g/mol. The van der Waals surface area contributed by atoms with Crippen molar-refractivity contribution in [3.8, 4) is 0 Å². The second-order valence-corrected chi connectivity index (χ2v) is 6.59. The van der Waals surface area contributed by atoms with Crippen molar-refractivity contribution in [2.24, 2.45) is 0 Å².